The van der Waals surface area contributed by atoms with Crippen molar-refractivity contribution >= 4 is 35.6 Å². The zero-order valence-corrected chi connectivity index (χ0v) is 17.0. The average molecular weight is 501 g/mol. The minimum absolute atomic E-state index is 0. The molecule has 0 bridgehead atoms. The van der Waals surface area contributed by atoms with Crippen molar-refractivity contribution in [2.75, 3.05) is 18.5 Å². The van der Waals surface area contributed by atoms with Gasteiger partial charge in [-0.3, -0.25) is 4.99 Å². The molecule has 27 heavy (non-hydrogen) atoms. The van der Waals surface area contributed by atoms with Crippen LogP contribution in [0.2, 0.25) is 0 Å². The lowest BCUT2D eigenvalue weighted by molar-refractivity contribution is -0.274. The molecule has 1 aliphatic carbocycles. The van der Waals surface area contributed by atoms with Gasteiger partial charge < -0.3 is 25.3 Å². The SMILES string of the molecule is I.NC(=NCC1COC2(CCCCC2)O1)Nc1cccc(OC(F)(F)F)c1. The van der Waals surface area contributed by atoms with Crippen molar-refractivity contribution < 1.29 is 27.4 Å². The zero-order chi connectivity index (χ0) is 18.6. The van der Waals surface area contributed by atoms with Crippen LogP contribution in [0.5, 0.6) is 5.75 Å². The third-order valence-corrected chi connectivity index (χ3v) is 4.33. The first-order valence-corrected chi connectivity index (χ1v) is 8.58. The monoisotopic (exact) mass is 501 g/mol. The maximum Gasteiger partial charge on any atom is 0.573 e. The van der Waals surface area contributed by atoms with Crippen molar-refractivity contribution in [2.24, 2.45) is 10.7 Å². The molecule has 152 valence electrons. The highest BCUT2D eigenvalue weighted by Gasteiger charge is 2.42. The summed E-state index contributed by atoms with van der Waals surface area (Å²) in [5, 5.41) is 2.75. The number of rotatable bonds is 4. The molecule has 1 unspecified atom stereocenters. The smallest absolute Gasteiger partial charge is 0.406 e. The molecule has 3 rings (SSSR count). The van der Waals surface area contributed by atoms with Crippen LogP contribution in [0.4, 0.5) is 18.9 Å². The summed E-state index contributed by atoms with van der Waals surface area (Å²) < 4.78 is 52.5. The lowest BCUT2D eigenvalue weighted by Crippen LogP contribution is -2.34. The number of nitrogens with two attached hydrogens (primary N) is 1. The number of nitrogens with zero attached hydrogens (tertiary/aromatic N) is 1. The van der Waals surface area contributed by atoms with Crippen LogP contribution < -0.4 is 15.8 Å². The molecule has 1 atom stereocenters. The standard InChI is InChI=1S/C17H22F3N3O3.HI/c18-17(19,20)26-13-6-4-5-12(9-13)23-15(21)22-10-14-11-24-16(25-14)7-2-1-3-8-16;/h4-6,9,14H,1-3,7-8,10-11H2,(H3,21,22,23);1H. The first-order valence-electron chi connectivity index (χ1n) is 8.58. The Hall–Kier alpha value is -1.27. The van der Waals surface area contributed by atoms with E-state index in [4.69, 9.17) is 15.2 Å². The van der Waals surface area contributed by atoms with Gasteiger partial charge >= 0.3 is 6.36 Å². The molecule has 1 aliphatic heterocycles. The van der Waals surface area contributed by atoms with Gasteiger partial charge in [-0.25, -0.2) is 0 Å². The van der Waals surface area contributed by atoms with Crippen LogP contribution in [0.25, 0.3) is 0 Å². The van der Waals surface area contributed by atoms with Gasteiger partial charge in [-0.15, -0.1) is 37.1 Å². The zero-order valence-electron chi connectivity index (χ0n) is 14.6. The molecule has 1 aromatic rings. The Morgan fingerprint density at radius 2 is 2.04 bits per heavy atom. The predicted octanol–water partition coefficient (Wildman–Crippen LogP) is 4.01. The van der Waals surface area contributed by atoms with Crippen LogP contribution in [0, 0.1) is 0 Å². The van der Waals surface area contributed by atoms with Crippen LogP contribution in [0.15, 0.2) is 29.3 Å². The second-order valence-electron chi connectivity index (χ2n) is 6.45. The first-order chi connectivity index (χ1) is 12.3. The van der Waals surface area contributed by atoms with Crippen molar-refractivity contribution in [3.63, 3.8) is 0 Å². The lowest BCUT2D eigenvalue weighted by atomic mass is 9.94. The maximum atomic E-state index is 12.3. The summed E-state index contributed by atoms with van der Waals surface area (Å²) in [4.78, 5) is 4.20. The summed E-state index contributed by atoms with van der Waals surface area (Å²) in [7, 11) is 0. The van der Waals surface area contributed by atoms with Crippen LogP contribution in [0.1, 0.15) is 32.1 Å². The Morgan fingerprint density at radius 1 is 1.30 bits per heavy atom. The number of anilines is 1. The van der Waals surface area contributed by atoms with E-state index >= 15 is 0 Å². The largest absolute Gasteiger partial charge is 0.573 e. The van der Waals surface area contributed by atoms with Crippen molar-refractivity contribution in [2.45, 2.75) is 50.4 Å². The molecule has 3 N–H and O–H groups in total. The summed E-state index contributed by atoms with van der Waals surface area (Å²) in [6.07, 6.45) is 0.262. The first kappa shape index (κ1) is 22.0. The number of halogens is 4. The van der Waals surface area contributed by atoms with Crippen molar-refractivity contribution in [3.8, 4) is 5.75 Å². The lowest BCUT2D eigenvalue weighted by Gasteiger charge is -2.31. The van der Waals surface area contributed by atoms with Gasteiger partial charge in [-0.1, -0.05) is 12.5 Å². The summed E-state index contributed by atoms with van der Waals surface area (Å²) in [6.45, 7) is 0.783. The minimum Gasteiger partial charge on any atom is -0.406 e. The van der Waals surface area contributed by atoms with E-state index in [1.807, 2.05) is 0 Å². The second-order valence-corrected chi connectivity index (χ2v) is 6.45. The molecule has 0 aromatic heterocycles. The van der Waals surface area contributed by atoms with Gasteiger partial charge in [0.2, 0.25) is 0 Å². The number of alkyl halides is 3. The third kappa shape index (κ3) is 6.68. The minimum atomic E-state index is -4.74. The molecule has 1 saturated carbocycles. The highest BCUT2D eigenvalue weighted by Crippen LogP contribution is 2.37. The van der Waals surface area contributed by atoms with E-state index in [0.717, 1.165) is 25.7 Å². The van der Waals surface area contributed by atoms with Gasteiger partial charge in [0.15, 0.2) is 11.7 Å². The maximum absolute atomic E-state index is 12.3. The number of hydrogen-bond acceptors (Lipinski definition) is 4. The van der Waals surface area contributed by atoms with Gasteiger partial charge in [0.25, 0.3) is 0 Å². The third-order valence-electron chi connectivity index (χ3n) is 4.33. The molecule has 10 heteroatoms. The topological polar surface area (TPSA) is 78.1 Å². The Kier molecular flexibility index (Phi) is 7.57. The van der Waals surface area contributed by atoms with Gasteiger partial charge in [-0.2, -0.15) is 0 Å². The summed E-state index contributed by atoms with van der Waals surface area (Å²) in [5.74, 6) is -0.714. The van der Waals surface area contributed by atoms with E-state index in [-0.39, 0.29) is 41.8 Å². The Labute approximate surface area is 172 Å². The van der Waals surface area contributed by atoms with Gasteiger partial charge in [0, 0.05) is 24.6 Å². The van der Waals surface area contributed by atoms with E-state index < -0.39 is 12.1 Å². The van der Waals surface area contributed by atoms with E-state index in [0.29, 0.717) is 18.8 Å². The Morgan fingerprint density at radius 3 is 2.74 bits per heavy atom. The summed E-state index contributed by atoms with van der Waals surface area (Å²) >= 11 is 0. The fraction of sp³-hybridized carbons (Fsp3) is 0.588. The van der Waals surface area contributed by atoms with E-state index in [2.05, 4.69) is 15.0 Å². The van der Waals surface area contributed by atoms with Gasteiger partial charge in [-0.05, 0) is 25.0 Å². The van der Waals surface area contributed by atoms with Crippen molar-refractivity contribution in [1.82, 2.24) is 0 Å². The molecule has 0 amide bonds. The molecule has 1 saturated heterocycles. The normalized spacial score (nSPS) is 22.3. The number of benzene rings is 1. The number of hydrogen-bond donors (Lipinski definition) is 2. The van der Waals surface area contributed by atoms with E-state index in [9.17, 15) is 13.2 Å². The Bertz CT molecular complexity index is 652. The number of aliphatic imine (C=N–C) groups is 1. The van der Waals surface area contributed by atoms with E-state index in [1.165, 1.54) is 24.6 Å². The van der Waals surface area contributed by atoms with Crippen LogP contribution in [-0.2, 0) is 9.47 Å². The summed E-state index contributed by atoms with van der Waals surface area (Å²) in [6, 6.07) is 5.40. The highest BCUT2D eigenvalue weighted by molar-refractivity contribution is 14.0. The quantitative estimate of drug-likeness (QED) is 0.371. The average Bonchev–Trinajstić information content (AvgIpc) is 2.95. The molecule has 1 spiro atoms. The predicted molar refractivity (Wildman–Crippen MR) is 105 cm³/mol. The van der Waals surface area contributed by atoms with Crippen LogP contribution in [-0.4, -0.2) is 37.4 Å². The molecule has 2 aliphatic rings. The van der Waals surface area contributed by atoms with Gasteiger partial charge in [0.05, 0.1) is 13.2 Å². The fourth-order valence-electron chi connectivity index (χ4n) is 3.22. The van der Waals surface area contributed by atoms with Crippen LogP contribution in [0.3, 0.4) is 0 Å². The van der Waals surface area contributed by atoms with Crippen molar-refractivity contribution in [3.05, 3.63) is 24.3 Å². The molecule has 1 heterocycles. The molecule has 1 aromatic carbocycles. The molecule has 0 radical (unpaired) electrons. The molecular weight excluding hydrogens is 478 g/mol. The van der Waals surface area contributed by atoms with E-state index in [1.54, 1.807) is 6.07 Å². The second kappa shape index (κ2) is 9.28. The number of guanidine groups is 1. The van der Waals surface area contributed by atoms with Gasteiger partial charge in [0.1, 0.15) is 11.9 Å². The molecular formula is C17H23F3IN3O3. The highest BCUT2D eigenvalue weighted by atomic mass is 127. The Balaban J connectivity index is 0.00000261. The van der Waals surface area contributed by atoms with Crippen molar-refractivity contribution in [1.29, 1.82) is 0 Å². The van der Waals surface area contributed by atoms with Crippen LogP contribution >= 0.6 is 24.0 Å². The number of ether oxygens (including phenoxy) is 3. The number of nitrogens with one attached hydrogen (secondary N) is 1. The molecule has 2 fully saturated rings. The fourth-order valence-corrected chi connectivity index (χ4v) is 3.22. The summed E-state index contributed by atoms with van der Waals surface area (Å²) in [5.41, 5.74) is 6.16. The molecule has 6 nitrogen and oxygen atoms in total.